The Labute approximate surface area is 216 Å². The Balaban J connectivity index is 1.40. The second-order valence-electron chi connectivity index (χ2n) is 8.70. The van der Waals surface area contributed by atoms with Crippen molar-refractivity contribution in [2.75, 3.05) is 26.4 Å². The molecule has 2 aromatic heterocycles. The van der Waals surface area contributed by atoms with Crippen LogP contribution in [0.2, 0.25) is 0 Å². The van der Waals surface area contributed by atoms with Crippen LogP contribution in [0.3, 0.4) is 0 Å². The molecular formula is C24H27N7O7. The Kier molecular flexibility index (Phi) is 7.57. The van der Waals surface area contributed by atoms with E-state index >= 15 is 0 Å². The van der Waals surface area contributed by atoms with Gasteiger partial charge < -0.3 is 41.1 Å². The molecule has 200 valence electrons. The first kappa shape index (κ1) is 26.5. The highest BCUT2D eigenvalue weighted by atomic mass is 16.6. The average Bonchev–Trinajstić information content (AvgIpc) is 3.43. The standard InChI is InChI=1S/C24H27N7O7/c1-30(2)16(33)6-5-12-8-13(18(34)14(32)9-12)23(37)26-7-3-4-15-19(35)20(36)24(38-15)31-11-29-17-21(25)27-10-28-22(17)31/h3-6,8-11,15,19-20,24,32,34-36H,7H2,1-2H3,(H,26,37)(H2,25,27,28)/b4-3+,6-5+/t15-,19+,20?,24-/m1/s1. The third-order valence-electron chi connectivity index (χ3n) is 5.86. The van der Waals surface area contributed by atoms with Gasteiger partial charge in [0.05, 0.1) is 11.9 Å². The van der Waals surface area contributed by atoms with Gasteiger partial charge in [0, 0.05) is 26.7 Å². The number of aromatic nitrogens is 4. The van der Waals surface area contributed by atoms with E-state index in [0.717, 1.165) is 0 Å². The summed E-state index contributed by atoms with van der Waals surface area (Å²) in [6.45, 7) is -0.0245. The number of likely N-dealkylation sites (N-methyl/N-ethyl adjacent to an activating group) is 1. The molecule has 1 aromatic carbocycles. The fourth-order valence-corrected chi connectivity index (χ4v) is 3.81. The summed E-state index contributed by atoms with van der Waals surface area (Å²) in [6, 6.07) is 2.54. The van der Waals surface area contributed by atoms with Gasteiger partial charge in [0.25, 0.3) is 5.91 Å². The van der Waals surface area contributed by atoms with E-state index in [-0.39, 0.29) is 23.8 Å². The normalized spacial score (nSPS) is 21.5. The minimum absolute atomic E-state index is 0.0245. The summed E-state index contributed by atoms with van der Waals surface area (Å²) in [5, 5.41) is 43.7. The van der Waals surface area contributed by atoms with Crippen LogP contribution >= 0.6 is 0 Å². The van der Waals surface area contributed by atoms with Crippen LogP contribution < -0.4 is 11.1 Å². The van der Waals surface area contributed by atoms with Crippen molar-refractivity contribution in [1.29, 1.82) is 0 Å². The minimum atomic E-state index is -1.30. The zero-order valence-corrected chi connectivity index (χ0v) is 20.5. The Bertz CT molecular complexity index is 1420. The number of benzene rings is 1. The zero-order chi connectivity index (χ0) is 27.6. The summed E-state index contributed by atoms with van der Waals surface area (Å²) in [5.41, 5.74) is 6.59. The lowest BCUT2D eigenvalue weighted by Gasteiger charge is -2.16. The maximum Gasteiger partial charge on any atom is 0.255 e. The van der Waals surface area contributed by atoms with Crippen molar-refractivity contribution in [2.24, 2.45) is 0 Å². The van der Waals surface area contributed by atoms with Gasteiger partial charge in [-0.3, -0.25) is 14.2 Å². The number of nitrogen functional groups attached to an aromatic ring is 1. The van der Waals surface area contributed by atoms with E-state index in [1.54, 1.807) is 14.1 Å². The number of amides is 2. The first-order valence-corrected chi connectivity index (χ1v) is 11.4. The largest absolute Gasteiger partial charge is 0.504 e. The quantitative estimate of drug-likeness (QED) is 0.132. The molecule has 1 aliphatic heterocycles. The van der Waals surface area contributed by atoms with Gasteiger partial charge in [-0.1, -0.05) is 12.2 Å². The molecule has 14 heteroatoms. The van der Waals surface area contributed by atoms with Crippen LogP contribution in [0.25, 0.3) is 17.2 Å². The molecule has 0 saturated carbocycles. The van der Waals surface area contributed by atoms with Crippen molar-refractivity contribution in [3.8, 4) is 11.5 Å². The number of hydrogen-bond acceptors (Lipinski definition) is 11. The number of hydrogen-bond donors (Lipinski definition) is 6. The molecule has 2 amide bonds. The van der Waals surface area contributed by atoms with Crippen LogP contribution in [-0.4, -0.2) is 95.6 Å². The summed E-state index contributed by atoms with van der Waals surface area (Å²) in [5.74, 6) is -1.95. The first-order chi connectivity index (χ1) is 18.1. The van der Waals surface area contributed by atoms with E-state index in [9.17, 15) is 30.0 Å². The van der Waals surface area contributed by atoms with E-state index in [2.05, 4.69) is 20.3 Å². The number of nitrogens with two attached hydrogens (primary N) is 1. The van der Waals surface area contributed by atoms with Crippen molar-refractivity contribution in [1.82, 2.24) is 29.7 Å². The number of ether oxygens (including phenoxy) is 1. The summed E-state index contributed by atoms with van der Waals surface area (Å²) in [6.07, 6.45) is 3.78. The lowest BCUT2D eigenvalue weighted by molar-refractivity contribution is -0.123. The second kappa shape index (κ2) is 10.8. The summed E-state index contributed by atoms with van der Waals surface area (Å²) < 4.78 is 7.24. The van der Waals surface area contributed by atoms with E-state index in [0.29, 0.717) is 16.7 Å². The van der Waals surface area contributed by atoms with Crippen molar-refractivity contribution in [2.45, 2.75) is 24.5 Å². The van der Waals surface area contributed by atoms with Crippen molar-refractivity contribution >= 4 is 34.9 Å². The number of nitrogens with zero attached hydrogens (tertiary/aromatic N) is 5. The Morgan fingerprint density at radius 1 is 1.18 bits per heavy atom. The fourth-order valence-electron chi connectivity index (χ4n) is 3.81. The molecule has 1 saturated heterocycles. The molecule has 3 aromatic rings. The molecule has 1 aliphatic rings. The number of carbonyl (C=O) groups excluding carboxylic acids is 2. The number of phenolic OH excluding ortho intramolecular Hbond substituents is 2. The van der Waals surface area contributed by atoms with Crippen LogP contribution in [0, 0.1) is 0 Å². The molecule has 7 N–H and O–H groups in total. The molecular weight excluding hydrogens is 498 g/mol. The van der Waals surface area contributed by atoms with Crippen molar-refractivity contribution in [3.05, 3.63) is 54.1 Å². The minimum Gasteiger partial charge on any atom is -0.504 e. The molecule has 0 spiro atoms. The lowest BCUT2D eigenvalue weighted by atomic mass is 10.1. The Hall–Kier alpha value is -4.53. The van der Waals surface area contributed by atoms with Crippen LogP contribution in [-0.2, 0) is 9.53 Å². The maximum absolute atomic E-state index is 12.6. The fraction of sp³-hybridized carbons (Fsp3) is 0.292. The SMILES string of the molecule is CN(C)C(=O)/C=C/c1cc(O)c(O)c(C(=O)NC/C=C/[C@H]2O[C@@H](n3cnc4c(N)ncnc43)C(O)[C@H]2O)c1. The molecule has 3 heterocycles. The summed E-state index contributed by atoms with van der Waals surface area (Å²) >= 11 is 0. The summed E-state index contributed by atoms with van der Waals surface area (Å²) in [4.78, 5) is 37.8. The number of rotatable bonds is 7. The topological polar surface area (TPSA) is 209 Å². The van der Waals surface area contributed by atoms with Gasteiger partial charge in [0.1, 0.15) is 30.2 Å². The van der Waals surface area contributed by atoms with E-state index in [1.165, 1.54) is 58.6 Å². The van der Waals surface area contributed by atoms with Gasteiger partial charge in [-0.15, -0.1) is 0 Å². The number of imidazole rings is 1. The van der Waals surface area contributed by atoms with Crippen LogP contribution in [0.4, 0.5) is 5.82 Å². The van der Waals surface area contributed by atoms with Gasteiger partial charge in [-0.05, 0) is 23.8 Å². The predicted octanol–water partition coefficient (Wildman–Crippen LogP) is -0.473. The number of aromatic hydroxyl groups is 2. The third-order valence-corrected chi connectivity index (χ3v) is 5.86. The van der Waals surface area contributed by atoms with Gasteiger partial charge in [-0.25, -0.2) is 15.0 Å². The van der Waals surface area contributed by atoms with E-state index in [4.69, 9.17) is 10.5 Å². The number of phenols is 2. The number of nitrogens with one attached hydrogen (secondary N) is 1. The second-order valence-corrected chi connectivity index (χ2v) is 8.70. The maximum atomic E-state index is 12.6. The molecule has 1 fully saturated rings. The molecule has 4 atom stereocenters. The number of fused-ring (bicyclic) bond motifs is 1. The number of aliphatic hydroxyl groups is 2. The zero-order valence-electron chi connectivity index (χ0n) is 20.5. The van der Waals surface area contributed by atoms with Crippen molar-refractivity contribution in [3.63, 3.8) is 0 Å². The van der Waals surface area contributed by atoms with Crippen LogP contribution in [0.1, 0.15) is 22.1 Å². The molecule has 0 aliphatic carbocycles. The van der Waals surface area contributed by atoms with Gasteiger partial charge in [0.2, 0.25) is 5.91 Å². The number of carbonyl (C=O) groups is 2. The highest BCUT2D eigenvalue weighted by Crippen LogP contribution is 2.33. The Morgan fingerprint density at radius 3 is 2.68 bits per heavy atom. The average molecular weight is 526 g/mol. The first-order valence-electron chi connectivity index (χ1n) is 11.4. The molecule has 0 radical (unpaired) electrons. The third kappa shape index (κ3) is 5.27. The lowest BCUT2D eigenvalue weighted by Crippen LogP contribution is -2.31. The smallest absolute Gasteiger partial charge is 0.255 e. The van der Waals surface area contributed by atoms with E-state index in [1.807, 2.05) is 0 Å². The molecule has 4 rings (SSSR count). The predicted molar refractivity (Wildman–Crippen MR) is 135 cm³/mol. The van der Waals surface area contributed by atoms with Gasteiger partial charge in [-0.2, -0.15) is 0 Å². The van der Waals surface area contributed by atoms with Crippen LogP contribution in [0.5, 0.6) is 11.5 Å². The van der Waals surface area contributed by atoms with Crippen molar-refractivity contribution < 1.29 is 34.8 Å². The number of aliphatic hydroxyl groups excluding tert-OH is 2. The van der Waals surface area contributed by atoms with E-state index < -0.39 is 41.9 Å². The monoisotopic (exact) mass is 525 g/mol. The molecule has 14 nitrogen and oxygen atoms in total. The molecule has 0 bridgehead atoms. The molecule has 38 heavy (non-hydrogen) atoms. The number of anilines is 1. The van der Waals surface area contributed by atoms with Crippen LogP contribution in [0.15, 0.2) is 43.0 Å². The highest BCUT2D eigenvalue weighted by molar-refractivity contribution is 5.99. The molecule has 1 unspecified atom stereocenters. The van der Waals surface area contributed by atoms with Gasteiger partial charge in [0.15, 0.2) is 29.2 Å². The highest BCUT2D eigenvalue weighted by Gasteiger charge is 2.43. The Morgan fingerprint density at radius 2 is 1.95 bits per heavy atom. The summed E-state index contributed by atoms with van der Waals surface area (Å²) in [7, 11) is 3.16. The van der Waals surface area contributed by atoms with Gasteiger partial charge >= 0.3 is 0 Å².